The maximum atomic E-state index is 13.2. The van der Waals surface area contributed by atoms with Crippen LogP contribution in [0.4, 0.5) is 0 Å². The topological polar surface area (TPSA) is 54.8 Å². The van der Waals surface area contributed by atoms with E-state index in [0.29, 0.717) is 18.7 Å². The molecule has 0 atom stereocenters. The highest BCUT2D eigenvalue weighted by Crippen LogP contribution is 2.29. The van der Waals surface area contributed by atoms with Gasteiger partial charge in [-0.3, -0.25) is 14.2 Å². The van der Waals surface area contributed by atoms with Crippen molar-refractivity contribution in [2.45, 2.75) is 6.42 Å². The van der Waals surface area contributed by atoms with Crippen LogP contribution in [0, 0.1) is 5.92 Å². The van der Waals surface area contributed by atoms with Crippen LogP contribution in [0.3, 0.4) is 0 Å². The summed E-state index contributed by atoms with van der Waals surface area (Å²) in [7, 11) is 5.73. The summed E-state index contributed by atoms with van der Waals surface area (Å²) < 4.78 is 7.14. The molecular formula is C24H27N3O3. The number of methoxy groups -OCH3 is 1. The van der Waals surface area contributed by atoms with E-state index in [4.69, 9.17) is 4.74 Å². The van der Waals surface area contributed by atoms with Crippen molar-refractivity contribution in [3.63, 3.8) is 0 Å². The largest absolute Gasteiger partial charge is 0.497 e. The summed E-state index contributed by atoms with van der Waals surface area (Å²) in [5, 5.41) is 1.04. The fourth-order valence-electron chi connectivity index (χ4n) is 3.89. The van der Waals surface area contributed by atoms with Crippen molar-refractivity contribution in [2.24, 2.45) is 5.92 Å². The number of benzene rings is 2. The van der Waals surface area contributed by atoms with Gasteiger partial charge in [0.15, 0.2) is 0 Å². The number of likely N-dealkylation sites (tertiary alicyclic amines) is 1. The summed E-state index contributed by atoms with van der Waals surface area (Å²) in [6.07, 6.45) is 2.80. The molecule has 1 aromatic heterocycles. The summed E-state index contributed by atoms with van der Waals surface area (Å²) in [4.78, 5) is 29.7. The zero-order valence-electron chi connectivity index (χ0n) is 17.7. The van der Waals surface area contributed by atoms with E-state index < -0.39 is 0 Å². The van der Waals surface area contributed by atoms with Gasteiger partial charge in [0.25, 0.3) is 5.91 Å². The summed E-state index contributed by atoms with van der Waals surface area (Å²) >= 11 is 0. The van der Waals surface area contributed by atoms with Gasteiger partial charge in [-0.05, 0) is 56.4 Å². The molecule has 6 heteroatoms. The van der Waals surface area contributed by atoms with E-state index in [1.165, 1.54) is 0 Å². The second-order valence-electron chi connectivity index (χ2n) is 8.07. The Bertz CT molecular complexity index is 1070. The molecular weight excluding hydrogens is 378 g/mol. The SMILES string of the molecule is COc1ccc2c(c1)c(CCN(C)C)cn2C(=O)C1CN(C(=O)c2ccccc2)C1. The number of amides is 1. The number of ether oxygens (including phenoxy) is 1. The van der Waals surface area contributed by atoms with Gasteiger partial charge in [0.05, 0.1) is 18.5 Å². The Morgan fingerprint density at radius 1 is 1.10 bits per heavy atom. The maximum Gasteiger partial charge on any atom is 0.253 e. The van der Waals surface area contributed by atoms with Crippen molar-refractivity contribution in [2.75, 3.05) is 40.8 Å². The predicted molar refractivity (Wildman–Crippen MR) is 117 cm³/mol. The van der Waals surface area contributed by atoms with Crippen molar-refractivity contribution in [1.29, 1.82) is 0 Å². The lowest BCUT2D eigenvalue weighted by Gasteiger charge is -2.38. The van der Waals surface area contributed by atoms with Gasteiger partial charge in [-0.1, -0.05) is 18.2 Å². The molecule has 4 rings (SSSR count). The van der Waals surface area contributed by atoms with E-state index in [2.05, 4.69) is 4.90 Å². The number of carbonyl (C=O) groups is 2. The normalized spacial score (nSPS) is 14.2. The molecule has 3 aromatic rings. The number of aromatic nitrogens is 1. The average Bonchev–Trinajstić information content (AvgIpc) is 3.09. The first kappa shape index (κ1) is 20.2. The highest BCUT2D eigenvalue weighted by Gasteiger charge is 2.37. The number of hydrogen-bond donors (Lipinski definition) is 0. The zero-order chi connectivity index (χ0) is 21.3. The second-order valence-corrected chi connectivity index (χ2v) is 8.07. The monoisotopic (exact) mass is 405 g/mol. The van der Waals surface area contributed by atoms with Crippen LogP contribution in [-0.4, -0.2) is 67.0 Å². The van der Waals surface area contributed by atoms with Gasteiger partial charge in [0.1, 0.15) is 5.75 Å². The van der Waals surface area contributed by atoms with Crippen LogP contribution in [0.1, 0.15) is 20.7 Å². The van der Waals surface area contributed by atoms with E-state index in [0.717, 1.165) is 35.2 Å². The molecule has 0 radical (unpaired) electrons. The Hall–Kier alpha value is -3.12. The van der Waals surface area contributed by atoms with E-state index in [1.807, 2.05) is 56.7 Å². The third-order valence-electron chi connectivity index (χ3n) is 5.70. The summed E-state index contributed by atoms with van der Waals surface area (Å²) in [6, 6.07) is 15.0. The van der Waals surface area contributed by atoms with Gasteiger partial charge in [-0.25, -0.2) is 0 Å². The molecule has 0 unspecified atom stereocenters. The average molecular weight is 405 g/mol. The van der Waals surface area contributed by atoms with Crippen LogP contribution in [0.25, 0.3) is 10.9 Å². The molecule has 0 N–H and O–H groups in total. The smallest absolute Gasteiger partial charge is 0.253 e. The number of likely N-dealkylation sites (N-methyl/N-ethyl adjacent to an activating group) is 1. The summed E-state index contributed by atoms with van der Waals surface area (Å²) in [5.41, 5.74) is 2.68. The molecule has 1 fully saturated rings. The third kappa shape index (κ3) is 3.83. The van der Waals surface area contributed by atoms with Crippen LogP contribution in [0.5, 0.6) is 5.75 Å². The lowest BCUT2D eigenvalue weighted by atomic mass is 9.97. The molecule has 1 aliphatic rings. The Morgan fingerprint density at radius 2 is 1.83 bits per heavy atom. The first-order chi connectivity index (χ1) is 14.5. The molecule has 0 saturated carbocycles. The molecule has 2 aromatic carbocycles. The van der Waals surface area contributed by atoms with Gasteiger partial charge in [0, 0.05) is 36.8 Å². The van der Waals surface area contributed by atoms with Crippen molar-refractivity contribution < 1.29 is 14.3 Å². The number of fused-ring (bicyclic) bond motifs is 1. The van der Waals surface area contributed by atoms with Gasteiger partial charge >= 0.3 is 0 Å². The molecule has 0 spiro atoms. The number of nitrogens with zero attached hydrogens (tertiary/aromatic N) is 3. The van der Waals surface area contributed by atoms with Crippen molar-refractivity contribution in [3.8, 4) is 5.75 Å². The number of carbonyl (C=O) groups excluding carboxylic acids is 2. The predicted octanol–water partition coefficient (Wildman–Crippen LogP) is 3.17. The maximum absolute atomic E-state index is 13.2. The first-order valence-electron chi connectivity index (χ1n) is 10.2. The van der Waals surface area contributed by atoms with E-state index in [9.17, 15) is 9.59 Å². The highest BCUT2D eigenvalue weighted by atomic mass is 16.5. The minimum Gasteiger partial charge on any atom is -0.497 e. The highest BCUT2D eigenvalue weighted by molar-refractivity contribution is 5.99. The Kier molecular flexibility index (Phi) is 5.59. The molecule has 0 bridgehead atoms. The van der Waals surface area contributed by atoms with E-state index in [1.54, 1.807) is 28.7 Å². The van der Waals surface area contributed by atoms with Crippen LogP contribution in [-0.2, 0) is 6.42 Å². The molecule has 156 valence electrons. The van der Waals surface area contributed by atoms with Gasteiger partial charge in [-0.15, -0.1) is 0 Å². The number of rotatable bonds is 6. The molecule has 1 saturated heterocycles. The van der Waals surface area contributed by atoms with Gasteiger partial charge in [0.2, 0.25) is 5.91 Å². The molecule has 1 amide bonds. The molecule has 30 heavy (non-hydrogen) atoms. The van der Waals surface area contributed by atoms with Crippen LogP contribution < -0.4 is 4.74 Å². The molecule has 1 aliphatic heterocycles. The van der Waals surface area contributed by atoms with E-state index >= 15 is 0 Å². The summed E-state index contributed by atoms with van der Waals surface area (Å²) in [6.45, 7) is 1.80. The Morgan fingerprint density at radius 3 is 2.50 bits per heavy atom. The second kappa shape index (κ2) is 8.32. The minimum absolute atomic E-state index is 0.0200. The molecule has 0 aliphatic carbocycles. The van der Waals surface area contributed by atoms with Crippen molar-refractivity contribution >= 4 is 22.7 Å². The third-order valence-corrected chi connectivity index (χ3v) is 5.70. The minimum atomic E-state index is -0.183. The number of hydrogen-bond acceptors (Lipinski definition) is 4. The zero-order valence-corrected chi connectivity index (χ0v) is 17.7. The fourth-order valence-corrected chi connectivity index (χ4v) is 3.89. The fraction of sp³-hybridized carbons (Fsp3) is 0.333. The van der Waals surface area contributed by atoms with Crippen LogP contribution in [0.15, 0.2) is 54.7 Å². The van der Waals surface area contributed by atoms with Crippen molar-refractivity contribution in [3.05, 3.63) is 65.9 Å². The lowest BCUT2D eigenvalue weighted by molar-refractivity contribution is 0.0425. The van der Waals surface area contributed by atoms with Gasteiger partial charge in [-0.2, -0.15) is 0 Å². The standard InChI is InChI=1S/C24H27N3O3/c1-25(2)12-11-18-16-27(22-10-9-20(30-3)13-21(18)22)24(29)19-14-26(15-19)23(28)17-7-5-4-6-8-17/h4-10,13,16,19H,11-12,14-15H2,1-3H3. The van der Waals surface area contributed by atoms with Crippen LogP contribution in [0.2, 0.25) is 0 Å². The van der Waals surface area contributed by atoms with Crippen LogP contribution >= 0.6 is 0 Å². The van der Waals surface area contributed by atoms with Gasteiger partial charge < -0.3 is 14.5 Å². The Labute approximate surface area is 176 Å². The summed E-state index contributed by atoms with van der Waals surface area (Å²) in [5.74, 6) is 0.617. The molecule has 6 nitrogen and oxygen atoms in total. The Balaban J connectivity index is 1.54. The quantitative estimate of drug-likeness (QED) is 0.632. The van der Waals surface area contributed by atoms with E-state index in [-0.39, 0.29) is 17.7 Å². The lowest BCUT2D eigenvalue weighted by Crippen LogP contribution is -2.54. The molecule has 2 heterocycles. The van der Waals surface area contributed by atoms with Crippen molar-refractivity contribution in [1.82, 2.24) is 14.4 Å². The first-order valence-corrected chi connectivity index (χ1v) is 10.2.